The van der Waals surface area contributed by atoms with Gasteiger partial charge in [-0.2, -0.15) is 5.10 Å². The summed E-state index contributed by atoms with van der Waals surface area (Å²) in [5.74, 6) is 0.913. The normalized spacial score (nSPS) is 17.9. The van der Waals surface area contributed by atoms with Crippen LogP contribution in [0.1, 0.15) is 38.3 Å². The summed E-state index contributed by atoms with van der Waals surface area (Å²) in [5, 5.41) is 4.49. The van der Waals surface area contributed by atoms with Gasteiger partial charge in [-0.25, -0.2) is 4.68 Å². The van der Waals surface area contributed by atoms with Gasteiger partial charge in [-0.3, -0.25) is 9.69 Å². The molecular weight excluding hydrogens is 340 g/mol. The molecule has 27 heavy (non-hydrogen) atoms. The molecular formula is C21H30N4O2. The SMILES string of the molecule is COc1ccccc1CN1CCC[C@H](n2ncc(N(C)C(C)C)cc2=O)C1. The molecule has 1 atom stereocenters. The van der Waals surface area contributed by atoms with Crippen molar-refractivity contribution in [1.29, 1.82) is 0 Å². The first-order chi connectivity index (χ1) is 13.0. The molecule has 2 heterocycles. The first-order valence-electron chi connectivity index (χ1n) is 9.65. The number of piperidine rings is 1. The van der Waals surface area contributed by atoms with E-state index in [1.807, 2.05) is 25.2 Å². The summed E-state index contributed by atoms with van der Waals surface area (Å²) in [6, 6.07) is 10.3. The van der Waals surface area contributed by atoms with Crippen molar-refractivity contribution in [3.8, 4) is 5.75 Å². The second-order valence-electron chi connectivity index (χ2n) is 7.54. The number of methoxy groups -OCH3 is 1. The monoisotopic (exact) mass is 370 g/mol. The van der Waals surface area contributed by atoms with Crippen molar-refractivity contribution in [2.75, 3.05) is 32.1 Å². The molecule has 1 aromatic carbocycles. The number of anilines is 1. The van der Waals surface area contributed by atoms with Gasteiger partial charge >= 0.3 is 0 Å². The Hall–Kier alpha value is -2.34. The molecule has 0 N–H and O–H groups in total. The lowest BCUT2D eigenvalue weighted by Crippen LogP contribution is -2.40. The minimum absolute atomic E-state index is 0.0239. The van der Waals surface area contributed by atoms with E-state index < -0.39 is 0 Å². The van der Waals surface area contributed by atoms with Crippen molar-refractivity contribution >= 4 is 5.69 Å². The second-order valence-corrected chi connectivity index (χ2v) is 7.54. The van der Waals surface area contributed by atoms with Crippen LogP contribution in [0.4, 0.5) is 5.69 Å². The van der Waals surface area contributed by atoms with Gasteiger partial charge < -0.3 is 9.64 Å². The van der Waals surface area contributed by atoms with Crippen molar-refractivity contribution in [1.82, 2.24) is 14.7 Å². The summed E-state index contributed by atoms with van der Waals surface area (Å²) in [5.41, 5.74) is 2.02. The van der Waals surface area contributed by atoms with E-state index in [9.17, 15) is 4.79 Å². The molecule has 0 bridgehead atoms. The zero-order valence-electron chi connectivity index (χ0n) is 16.8. The number of likely N-dealkylation sites (tertiary alicyclic amines) is 1. The van der Waals surface area contributed by atoms with Crippen molar-refractivity contribution < 1.29 is 4.74 Å². The maximum Gasteiger partial charge on any atom is 0.269 e. The zero-order chi connectivity index (χ0) is 19.4. The van der Waals surface area contributed by atoms with Crippen molar-refractivity contribution in [3.05, 3.63) is 52.4 Å². The molecule has 1 aromatic heterocycles. The van der Waals surface area contributed by atoms with Crippen LogP contribution in [0.5, 0.6) is 5.75 Å². The number of benzene rings is 1. The number of nitrogens with zero attached hydrogens (tertiary/aromatic N) is 4. The Morgan fingerprint density at radius 1 is 1.33 bits per heavy atom. The van der Waals surface area contributed by atoms with Gasteiger partial charge in [-0.1, -0.05) is 18.2 Å². The highest BCUT2D eigenvalue weighted by Crippen LogP contribution is 2.25. The van der Waals surface area contributed by atoms with Crippen LogP contribution in [-0.4, -0.2) is 48.0 Å². The minimum atomic E-state index is -0.0239. The molecule has 2 aromatic rings. The van der Waals surface area contributed by atoms with Gasteiger partial charge in [0.15, 0.2) is 0 Å². The van der Waals surface area contributed by atoms with E-state index in [4.69, 9.17) is 4.74 Å². The van der Waals surface area contributed by atoms with Crippen LogP contribution >= 0.6 is 0 Å². The third kappa shape index (κ3) is 4.50. The zero-order valence-corrected chi connectivity index (χ0v) is 16.8. The molecule has 0 aliphatic carbocycles. The molecule has 146 valence electrons. The molecule has 1 aliphatic rings. The molecule has 0 amide bonds. The fourth-order valence-corrected chi connectivity index (χ4v) is 3.62. The van der Waals surface area contributed by atoms with E-state index in [1.54, 1.807) is 24.1 Å². The Morgan fingerprint density at radius 3 is 2.81 bits per heavy atom. The summed E-state index contributed by atoms with van der Waals surface area (Å²) < 4.78 is 7.13. The number of hydrogen-bond acceptors (Lipinski definition) is 5. The molecule has 1 fully saturated rings. The molecule has 1 aliphatic heterocycles. The largest absolute Gasteiger partial charge is 0.496 e. The molecule has 0 unspecified atom stereocenters. The quantitative estimate of drug-likeness (QED) is 0.783. The van der Waals surface area contributed by atoms with Crippen molar-refractivity contribution in [2.24, 2.45) is 0 Å². The van der Waals surface area contributed by atoms with Gasteiger partial charge in [0, 0.05) is 37.8 Å². The van der Waals surface area contributed by atoms with Gasteiger partial charge in [0.1, 0.15) is 5.75 Å². The maximum atomic E-state index is 12.7. The lowest BCUT2D eigenvalue weighted by molar-refractivity contribution is 0.158. The van der Waals surface area contributed by atoms with Gasteiger partial charge in [0.2, 0.25) is 0 Å². The highest BCUT2D eigenvalue weighted by molar-refractivity contribution is 5.42. The molecule has 0 spiro atoms. The van der Waals surface area contributed by atoms with Crippen molar-refractivity contribution in [3.63, 3.8) is 0 Å². The molecule has 0 radical (unpaired) electrons. The van der Waals surface area contributed by atoms with E-state index in [0.717, 1.165) is 43.9 Å². The van der Waals surface area contributed by atoms with Crippen molar-refractivity contribution in [2.45, 2.75) is 45.3 Å². The molecule has 1 saturated heterocycles. The predicted octanol–water partition coefficient (Wildman–Crippen LogP) is 2.93. The molecule has 6 nitrogen and oxygen atoms in total. The van der Waals surface area contributed by atoms with E-state index >= 15 is 0 Å². The fourth-order valence-electron chi connectivity index (χ4n) is 3.62. The fraction of sp³-hybridized carbons (Fsp3) is 0.524. The number of aromatic nitrogens is 2. The highest BCUT2D eigenvalue weighted by Gasteiger charge is 2.24. The predicted molar refractivity (Wildman–Crippen MR) is 109 cm³/mol. The average Bonchev–Trinajstić information content (AvgIpc) is 2.68. The lowest BCUT2D eigenvalue weighted by atomic mass is 10.0. The lowest BCUT2D eigenvalue weighted by Gasteiger charge is -2.33. The average molecular weight is 370 g/mol. The minimum Gasteiger partial charge on any atom is -0.496 e. The third-order valence-electron chi connectivity index (χ3n) is 5.41. The summed E-state index contributed by atoms with van der Waals surface area (Å²) in [6.45, 7) is 6.87. The first kappa shape index (κ1) is 19.4. The van der Waals surface area contributed by atoms with E-state index in [0.29, 0.717) is 6.04 Å². The van der Waals surface area contributed by atoms with Crippen LogP contribution < -0.4 is 15.2 Å². The Bertz CT molecular complexity index is 818. The van der Waals surface area contributed by atoms with Gasteiger partial charge in [0.25, 0.3) is 5.56 Å². The third-order valence-corrected chi connectivity index (χ3v) is 5.41. The number of hydrogen-bond donors (Lipinski definition) is 0. The smallest absolute Gasteiger partial charge is 0.269 e. The maximum absolute atomic E-state index is 12.7. The number of rotatable bonds is 6. The second kappa shape index (κ2) is 8.57. The van der Waals surface area contributed by atoms with Crippen LogP contribution in [-0.2, 0) is 6.54 Å². The van der Waals surface area contributed by atoms with Crippen LogP contribution in [0.15, 0.2) is 41.3 Å². The number of ether oxygens (including phenoxy) is 1. The van der Waals surface area contributed by atoms with Crippen LogP contribution in [0.25, 0.3) is 0 Å². The van der Waals surface area contributed by atoms with Crippen LogP contribution in [0, 0.1) is 0 Å². The summed E-state index contributed by atoms with van der Waals surface area (Å²) >= 11 is 0. The Labute approximate surface area is 161 Å². The summed E-state index contributed by atoms with van der Waals surface area (Å²) in [7, 11) is 3.69. The van der Waals surface area contributed by atoms with Gasteiger partial charge in [0.05, 0.1) is 25.0 Å². The van der Waals surface area contributed by atoms with E-state index in [2.05, 4.69) is 34.8 Å². The Morgan fingerprint density at radius 2 is 2.11 bits per heavy atom. The molecule has 6 heteroatoms. The van der Waals surface area contributed by atoms with Gasteiger partial charge in [-0.05, 0) is 39.3 Å². The highest BCUT2D eigenvalue weighted by atomic mass is 16.5. The summed E-state index contributed by atoms with van der Waals surface area (Å²) in [6.07, 6.45) is 3.84. The van der Waals surface area contributed by atoms with Crippen LogP contribution in [0.2, 0.25) is 0 Å². The topological polar surface area (TPSA) is 50.6 Å². The Balaban J connectivity index is 1.73. The molecule has 0 saturated carbocycles. The van der Waals surface area contributed by atoms with Gasteiger partial charge in [-0.15, -0.1) is 0 Å². The first-order valence-corrected chi connectivity index (χ1v) is 9.65. The van der Waals surface area contributed by atoms with E-state index in [1.165, 1.54) is 5.56 Å². The number of para-hydroxylation sites is 1. The molecule has 3 rings (SSSR count). The summed E-state index contributed by atoms with van der Waals surface area (Å²) in [4.78, 5) is 17.1. The Kier molecular flexibility index (Phi) is 6.16. The van der Waals surface area contributed by atoms with Crippen LogP contribution in [0.3, 0.4) is 0 Å². The van der Waals surface area contributed by atoms with E-state index in [-0.39, 0.29) is 11.6 Å². The standard InChI is InChI=1S/C21H30N4O2/c1-16(2)23(3)19-12-21(26)25(22-13-19)18-9-7-11-24(15-18)14-17-8-5-6-10-20(17)27-4/h5-6,8,10,12-13,16,18H,7,9,11,14-15H2,1-4H3/t18-/m0/s1.